The van der Waals surface area contributed by atoms with Crippen LogP contribution in [0.2, 0.25) is 0 Å². The van der Waals surface area contributed by atoms with E-state index in [0.717, 1.165) is 0 Å². The first-order chi connectivity index (χ1) is 3.80. The normalized spacial score (nSPS) is 17.5. The first kappa shape index (κ1) is 4.69. The van der Waals surface area contributed by atoms with Crippen LogP contribution in [0.3, 0.4) is 0 Å². The number of nitrogens with zero attached hydrogens (tertiary/aromatic N) is 2. The molecule has 0 spiro atoms. The van der Waals surface area contributed by atoms with Crippen molar-refractivity contribution in [3.63, 3.8) is 0 Å². The molecule has 6 nitrogen and oxygen atoms in total. The molecule has 1 rings (SSSR count). The highest BCUT2D eigenvalue weighted by atomic mass is 15.7. The van der Waals surface area contributed by atoms with Gasteiger partial charge in [-0.05, 0) is 0 Å². The number of hydrazine groups is 1. The number of rotatable bonds is 0. The molecule has 0 aliphatic carbocycles. The standard InChI is InChI=1S/C2H6N6/c3-1-2(4)6-8-7-5-1/h7-8H,(H2,3,5)(H2,4,6). The Bertz CT molecular complexity index is 127. The Morgan fingerprint density at radius 3 is 1.62 bits per heavy atom. The highest BCUT2D eigenvalue weighted by Gasteiger charge is 2.00. The van der Waals surface area contributed by atoms with Gasteiger partial charge in [-0.2, -0.15) is 0 Å². The Balaban J connectivity index is 2.73. The van der Waals surface area contributed by atoms with Gasteiger partial charge in [-0.1, -0.05) is 0 Å². The summed E-state index contributed by atoms with van der Waals surface area (Å²) in [5.41, 5.74) is 15.0. The second kappa shape index (κ2) is 1.57. The molecule has 1 aliphatic rings. The van der Waals surface area contributed by atoms with Crippen LogP contribution in [0.15, 0.2) is 10.2 Å². The Morgan fingerprint density at radius 1 is 1.00 bits per heavy atom. The maximum Gasteiger partial charge on any atom is 0.189 e. The molecule has 6 N–H and O–H groups in total. The molecule has 6 heteroatoms. The van der Waals surface area contributed by atoms with Gasteiger partial charge in [0, 0.05) is 0 Å². The van der Waals surface area contributed by atoms with Gasteiger partial charge in [0.1, 0.15) is 0 Å². The van der Waals surface area contributed by atoms with E-state index in [0.29, 0.717) is 0 Å². The quantitative estimate of drug-likeness (QED) is 0.283. The summed E-state index contributed by atoms with van der Waals surface area (Å²) in [6.07, 6.45) is 0. The van der Waals surface area contributed by atoms with E-state index in [1.807, 2.05) is 0 Å². The Labute approximate surface area is 45.6 Å². The van der Waals surface area contributed by atoms with E-state index in [9.17, 15) is 0 Å². The maximum atomic E-state index is 5.17. The zero-order valence-corrected chi connectivity index (χ0v) is 4.05. The zero-order valence-electron chi connectivity index (χ0n) is 4.05. The van der Waals surface area contributed by atoms with E-state index in [1.165, 1.54) is 0 Å². The van der Waals surface area contributed by atoms with Gasteiger partial charge >= 0.3 is 0 Å². The predicted molar refractivity (Wildman–Crippen MR) is 29.5 cm³/mol. The third-order valence-corrected chi connectivity index (χ3v) is 0.665. The van der Waals surface area contributed by atoms with Gasteiger partial charge in [0.2, 0.25) is 0 Å². The second-order valence-corrected chi connectivity index (χ2v) is 1.22. The zero-order chi connectivity index (χ0) is 5.98. The Kier molecular flexibility index (Phi) is 0.918. The number of hydrazone groups is 2. The number of nitrogens with two attached hydrogens (primary N) is 2. The molecule has 1 heterocycles. The van der Waals surface area contributed by atoms with Crippen LogP contribution in [-0.4, -0.2) is 11.7 Å². The lowest BCUT2D eigenvalue weighted by Crippen LogP contribution is -2.42. The van der Waals surface area contributed by atoms with Crippen LogP contribution in [0, 0.1) is 0 Å². The number of amidine groups is 2. The van der Waals surface area contributed by atoms with Crippen LogP contribution < -0.4 is 22.5 Å². The smallest absolute Gasteiger partial charge is 0.189 e. The van der Waals surface area contributed by atoms with Crippen LogP contribution in [-0.2, 0) is 0 Å². The third-order valence-electron chi connectivity index (χ3n) is 0.665. The van der Waals surface area contributed by atoms with Crippen molar-refractivity contribution >= 4 is 11.7 Å². The maximum absolute atomic E-state index is 5.17. The predicted octanol–water partition coefficient (Wildman–Crippen LogP) is -2.36. The molecular formula is C2H6N6. The summed E-state index contributed by atoms with van der Waals surface area (Å²) in [7, 11) is 0. The van der Waals surface area contributed by atoms with Crippen molar-refractivity contribution in [2.75, 3.05) is 0 Å². The van der Waals surface area contributed by atoms with Gasteiger partial charge in [0.25, 0.3) is 0 Å². The van der Waals surface area contributed by atoms with Gasteiger partial charge in [-0.3, -0.25) is 0 Å². The van der Waals surface area contributed by atoms with Gasteiger partial charge in [0.05, 0.1) is 0 Å². The average molecular weight is 114 g/mol. The summed E-state index contributed by atoms with van der Waals surface area (Å²) in [6.45, 7) is 0. The topological polar surface area (TPSA) is 101 Å². The lowest BCUT2D eigenvalue weighted by Gasteiger charge is -2.06. The molecule has 0 radical (unpaired) electrons. The minimum absolute atomic E-state index is 0.198. The van der Waals surface area contributed by atoms with Crippen LogP contribution in [0.4, 0.5) is 0 Å². The molecule has 0 saturated heterocycles. The molecule has 0 fully saturated rings. The summed E-state index contributed by atoms with van der Waals surface area (Å²) in [5.74, 6) is 0.396. The largest absolute Gasteiger partial charge is 0.379 e. The SMILES string of the molecule is NC1=NNNN=C1N. The van der Waals surface area contributed by atoms with Crippen molar-refractivity contribution in [2.24, 2.45) is 21.7 Å². The van der Waals surface area contributed by atoms with Crippen molar-refractivity contribution in [2.45, 2.75) is 0 Å². The minimum Gasteiger partial charge on any atom is -0.379 e. The number of nitrogens with one attached hydrogen (secondary N) is 2. The lowest BCUT2D eigenvalue weighted by atomic mass is 10.6. The Hall–Kier alpha value is -1.46. The fourth-order valence-electron chi connectivity index (χ4n) is 0.285. The molecule has 0 aromatic heterocycles. The van der Waals surface area contributed by atoms with E-state index in [2.05, 4.69) is 21.3 Å². The van der Waals surface area contributed by atoms with E-state index >= 15 is 0 Å². The van der Waals surface area contributed by atoms with Crippen LogP contribution in [0.1, 0.15) is 0 Å². The van der Waals surface area contributed by atoms with Crippen LogP contribution >= 0.6 is 0 Å². The molecular weight excluding hydrogens is 108 g/mol. The molecule has 0 amide bonds. The number of hydrogen-bond donors (Lipinski definition) is 4. The molecule has 44 valence electrons. The fourth-order valence-corrected chi connectivity index (χ4v) is 0.285. The van der Waals surface area contributed by atoms with E-state index in [-0.39, 0.29) is 11.7 Å². The molecule has 0 bridgehead atoms. The first-order valence-electron chi connectivity index (χ1n) is 1.97. The monoisotopic (exact) mass is 114 g/mol. The minimum atomic E-state index is 0.198. The highest BCUT2D eigenvalue weighted by molar-refractivity contribution is 6.39. The molecule has 8 heavy (non-hydrogen) atoms. The van der Waals surface area contributed by atoms with Gasteiger partial charge < -0.3 is 11.5 Å². The highest BCUT2D eigenvalue weighted by Crippen LogP contribution is 1.71. The summed E-state index contributed by atoms with van der Waals surface area (Å²) in [6, 6.07) is 0. The summed E-state index contributed by atoms with van der Waals surface area (Å²) >= 11 is 0. The third kappa shape index (κ3) is 0.625. The fraction of sp³-hybridized carbons (Fsp3) is 0. The second-order valence-electron chi connectivity index (χ2n) is 1.22. The number of hydrogen-bond acceptors (Lipinski definition) is 6. The summed E-state index contributed by atoms with van der Waals surface area (Å²) in [4.78, 5) is 0. The summed E-state index contributed by atoms with van der Waals surface area (Å²) in [5, 5.41) is 6.98. The van der Waals surface area contributed by atoms with Crippen molar-refractivity contribution in [1.82, 2.24) is 11.1 Å². The van der Waals surface area contributed by atoms with E-state index < -0.39 is 0 Å². The van der Waals surface area contributed by atoms with Gasteiger partial charge in [0.15, 0.2) is 11.7 Å². The van der Waals surface area contributed by atoms with Crippen LogP contribution in [0.5, 0.6) is 0 Å². The summed E-state index contributed by atoms with van der Waals surface area (Å²) < 4.78 is 0. The molecule has 0 atom stereocenters. The molecule has 0 saturated carbocycles. The van der Waals surface area contributed by atoms with Crippen molar-refractivity contribution in [1.29, 1.82) is 0 Å². The van der Waals surface area contributed by atoms with Crippen molar-refractivity contribution in [3.8, 4) is 0 Å². The molecule has 0 aromatic carbocycles. The Morgan fingerprint density at radius 2 is 1.38 bits per heavy atom. The van der Waals surface area contributed by atoms with E-state index in [1.54, 1.807) is 0 Å². The molecule has 0 aromatic rings. The lowest BCUT2D eigenvalue weighted by molar-refractivity contribution is 0.577. The molecule has 0 unspecified atom stereocenters. The average Bonchev–Trinajstić information content (AvgIpc) is 1.77. The molecule has 1 aliphatic heterocycles. The van der Waals surface area contributed by atoms with Crippen molar-refractivity contribution < 1.29 is 0 Å². The van der Waals surface area contributed by atoms with E-state index in [4.69, 9.17) is 11.5 Å². The van der Waals surface area contributed by atoms with Gasteiger partial charge in [-0.25, -0.2) is 11.1 Å². The van der Waals surface area contributed by atoms with Crippen LogP contribution in [0.25, 0.3) is 0 Å². The van der Waals surface area contributed by atoms with Crippen molar-refractivity contribution in [3.05, 3.63) is 0 Å². The first-order valence-corrected chi connectivity index (χ1v) is 1.97. The van der Waals surface area contributed by atoms with Gasteiger partial charge in [-0.15, -0.1) is 10.2 Å².